The van der Waals surface area contributed by atoms with E-state index in [-0.39, 0.29) is 380 Å². The van der Waals surface area contributed by atoms with Gasteiger partial charge in [0.2, 0.25) is 63.8 Å². The van der Waals surface area contributed by atoms with E-state index in [2.05, 4.69) is 41.0 Å². The van der Waals surface area contributed by atoms with Gasteiger partial charge >= 0.3 is 325 Å². The predicted octanol–water partition coefficient (Wildman–Crippen LogP) is -58.2. The molecular weight excluding hydrogens is 2130 g/mol. The molecule has 6 fully saturated rings. The van der Waals surface area contributed by atoms with Crippen LogP contribution in [0.5, 0.6) is 0 Å². The molecule has 30 atom stereocenters. The second-order valence-electron chi connectivity index (χ2n) is 25.3. The molecule has 0 aromatic carbocycles. The average molecular weight is 2220 g/mol. The molecule has 135 heavy (non-hydrogen) atoms. The van der Waals surface area contributed by atoms with Gasteiger partial charge in [0.05, 0.1) is 119 Å². The van der Waals surface area contributed by atoms with Gasteiger partial charge in [0.1, 0.15) is 122 Å². The van der Waals surface area contributed by atoms with Crippen LogP contribution in [0.3, 0.4) is 0 Å². The van der Waals surface area contributed by atoms with E-state index in [1.165, 1.54) is 6.92 Å². The zero-order chi connectivity index (χ0) is 91.8. The van der Waals surface area contributed by atoms with E-state index in [9.17, 15) is 167 Å². The molecule has 8 heterocycles. The molecule has 8 aliphatic heterocycles. The summed E-state index contributed by atoms with van der Waals surface area (Å²) in [6.45, 7) is -0.614. The van der Waals surface area contributed by atoms with Gasteiger partial charge in [-0.2, -0.15) is 0 Å². The second-order valence-corrected chi connectivity index (χ2v) is 31.9. The molecule has 2 amide bonds. The number of carboxylic acids is 4. The second kappa shape index (κ2) is 80.3. The van der Waals surface area contributed by atoms with E-state index >= 15 is 0 Å². The molecule has 0 radical (unpaired) electrons. The Morgan fingerprint density at radius 3 is 0.985 bits per heavy atom. The molecule has 82 heteroatoms. The van der Waals surface area contributed by atoms with Gasteiger partial charge < -0.3 is 213 Å². The number of aliphatic hydroxyl groups is 12. The Hall–Kier alpha value is 5.43. The summed E-state index contributed by atoms with van der Waals surface area (Å²) in [5, 5.41) is 162. The zero-order valence-corrected chi connectivity index (χ0v) is 102. The summed E-state index contributed by atoms with van der Waals surface area (Å²) < 4.78 is 275. The van der Waals surface area contributed by atoms with E-state index in [1.807, 2.05) is 4.72 Å². The number of hydrogen-bond acceptors (Lipinski definition) is 56. The molecule has 8 rings (SSSR count). The van der Waals surface area contributed by atoms with Gasteiger partial charge in [-0.3, -0.25) is 38.9 Å². The smallest absolute Gasteiger partial charge is 0.760 e. The Kier molecular flexibility index (Phi) is 100.0. The van der Waals surface area contributed by atoms with Crippen LogP contribution in [-0.4, -0.2) is 425 Å². The molecule has 64 nitrogen and oxygen atoms in total. The van der Waals surface area contributed by atoms with E-state index < -0.39 is 339 Å². The quantitative estimate of drug-likeness (QED) is 0.0150. The number of ether oxygens (including phenoxy) is 10. The minimum absolute atomic E-state index is 0. The fourth-order valence-electron chi connectivity index (χ4n) is 10.9. The van der Waals surface area contributed by atoms with Gasteiger partial charge in [0.25, 0.3) is 0 Å². The van der Waals surface area contributed by atoms with Crippen molar-refractivity contribution in [2.75, 3.05) is 52.9 Å². The summed E-state index contributed by atoms with van der Waals surface area (Å²) >= 11 is -5.62. The zero-order valence-electron chi connectivity index (χ0n) is 74.0. The Balaban J connectivity index is -0.000000121. The van der Waals surface area contributed by atoms with Gasteiger partial charge in [0, 0.05) is 62.1 Å². The Morgan fingerprint density at radius 1 is 0.422 bits per heavy atom. The molecule has 8 aliphatic rings. The monoisotopic (exact) mass is 2220 g/mol. The summed E-state index contributed by atoms with van der Waals surface area (Å²) in [6.07, 6.45) is -33.6. The summed E-state index contributed by atoms with van der Waals surface area (Å²) in [5.41, 5.74) is 0. The molecule has 0 aliphatic carbocycles. The molecule has 0 aromatic heterocycles. The Morgan fingerprint density at radius 2 is 0.719 bits per heavy atom. The van der Waals surface area contributed by atoms with Crippen LogP contribution in [0.15, 0.2) is 23.7 Å². The molecular formula is C53H87N4Na11O60S7. The maximum absolute atomic E-state index is 11.4. The number of hydrogen-bond donors (Lipinski definition) is 16. The summed E-state index contributed by atoms with van der Waals surface area (Å²) in [4.78, 5) is 65.6. The van der Waals surface area contributed by atoms with Crippen molar-refractivity contribution in [3.05, 3.63) is 23.7 Å². The fraction of sp³-hybridized carbons (Fsp3) is 0.811. The minimum Gasteiger partial charge on any atom is -0.760 e. The molecule has 24 N–H and O–H groups in total. The number of aliphatic carboxylic acids is 4. The average Bonchev–Trinajstić information content (AvgIpc) is 0.800. The number of rotatable bonds is 28. The number of amides is 2. The van der Waals surface area contributed by atoms with Crippen LogP contribution < -0.4 is 366 Å². The van der Waals surface area contributed by atoms with Crippen molar-refractivity contribution in [3.8, 4) is 0 Å². The fourth-order valence-corrected chi connectivity index (χ4v) is 14.0. The largest absolute Gasteiger partial charge is 1.00 e. The third kappa shape index (κ3) is 66.2. The maximum Gasteiger partial charge on any atom is 1.00 e. The number of aliphatic hydroxyl groups excluding tert-OH is 12. The summed E-state index contributed by atoms with van der Waals surface area (Å²) in [7, 11) is -25.4. The van der Waals surface area contributed by atoms with E-state index in [0.29, 0.717) is 0 Å². The predicted molar refractivity (Wildman–Crippen MR) is 363 cm³/mol. The topological polar surface area (TPSA) is 1120 Å². The normalized spacial score (nSPS) is 31.4. The van der Waals surface area contributed by atoms with Gasteiger partial charge in [-0.05, 0) is 19.1 Å². The van der Waals surface area contributed by atoms with Crippen molar-refractivity contribution < 1.29 is 608 Å². The number of carbonyl (C=O) groups is 6. The number of carboxylic acid groups (broad SMARTS) is 4. The molecule has 18 unspecified atom stereocenters. The van der Waals surface area contributed by atoms with Crippen molar-refractivity contribution in [1.29, 1.82) is 0 Å². The van der Waals surface area contributed by atoms with Crippen LogP contribution >= 0.6 is 0 Å². The first-order valence-electron chi connectivity index (χ1n) is 33.2. The Labute approximate surface area is 1020 Å². The van der Waals surface area contributed by atoms with Crippen molar-refractivity contribution >= 4 is 110 Å². The SMILES string of the molecule is CC(=O)NC1[C@H](O[C@H]2C(C(=O)[O-])OCC(O)[C@@H]2O)OC(COS(=O)(=O)[O-])C[C@H]1O.CC(=O)NC1[C@H](O[C@H]2C(C(=O)[O-])OCC(O)[C@@H]2O)OC(COS(=O)(=O)[O-])C[C@H]1O.CC1OC(CO)C[C@@H](OS(=O)(=O)[O-])C1NS(=O)[O-].O.O.O.O.O=C([O-])C1=C[C@@H](O)C(O)CO1.O=C([O-])C1=C[C@@H](O)C(O)CO1.O=S([O-])NC1C(O)OC(COS(=O)(=O)[O-])C[C@H]1OS(=O)(=O)[O-].[Na+].[Na+].[Na+].[Na+].[Na+].[Na+].[Na+].[Na+].[Na+].[Na+].[Na+]. The van der Waals surface area contributed by atoms with E-state index in [1.54, 1.807) is 4.72 Å². The van der Waals surface area contributed by atoms with E-state index in [4.69, 9.17) is 63.4 Å². The first-order valence-corrected chi connectivity index (χ1v) is 42.0. The van der Waals surface area contributed by atoms with Crippen LogP contribution in [0, 0.1) is 0 Å². The minimum atomic E-state index is -5.26. The van der Waals surface area contributed by atoms with Crippen LogP contribution in [0.1, 0.15) is 46.5 Å². The molecule has 0 saturated carbocycles. The third-order valence-electron chi connectivity index (χ3n) is 16.2. The van der Waals surface area contributed by atoms with Gasteiger partial charge in [-0.15, -0.1) is 0 Å². The maximum atomic E-state index is 11.4. The summed E-state index contributed by atoms with van der Waals surface area (Å²) in [5.74, 6) is -8.58. The van der Waals surface area contributed by atoms with Crippen LogP contribution in [0.2, 0.25) is 0 Å². The summed E-state index contributed by atoms with van der Waals surface area (Å²) in [6, 6.07) is -5.19. The molecule has 0 bridgehead atoms. The Bertz CT molecular complexity index is 3950. The van der Waals surface area contributed by atoms with E-state index in [0.717, 1.165) is 26.0 Å². The van der Waals surface area contributed by atoms with Crippen molar-refractivity contribution in [2.24, 2.45) is 0 Å². The van der Waals surface area contributed by atoms with Crippen molar-refractivity contribution in [3.63, 3.8) is 0 Å². The first-order chi connectivity index (χ1) is 55.1. The standard InChI is InChI=1S/2C14H23NO13S.C7H15NO8S2.C6H13NO12S3.2C6H8O5.11Na.4H2O/c2*1-5(16)15-9-7(17)2-6(3-26-29(22,23)24)27-14(9)28-11-10(19)8(18)4-25-12(11)13(20)21;1-4-7(8-17(10)11)6(16-18(12,13)14)2-5(3-9)15-4;8-6-5(7-20(9)10)4(19-22(14,15)16)1-3(18-6)2-17-21(11,12)13;2*7-3-1-5(6(9)10)11-2-4(3)8;;;;;;;;;;;;;;;/h2*6-12,14,17-19H,2-4H2,1H3,(H,15,16)(H,20,21)(H,22,23,24);4-9H,2-3H2,1H3,(H,10,11)(H,12,13,14);3-8H,1-2H2,(H,9,10)(H,11,12,13)(H,14,15,16);2*1,3-4,7-8H,2H2,(H,9,10);;;;;;;;;;;;4*1H2/q;;;;;;11*+1;;;;/p-11/t2*6?,7-,8?,9?,10+,11-,12?,14+;4?,5?,6-,7?;3?,4-,5?,6?;2*3-,4?;;;;;;;;;;;;;;;/m111111.............../s1. The molecule has 732 valence electrons. The van der Waals surface area contributed by atoms with Crippen molar-refractivity contribution in [1.82, 2.24) is 20.1 Å². The van der Waals surface area contributed by atoms with Gasteiger partial charge in [0.15, 0.2) is 18.9 Å². The molecule has 0 spiro atoms. The van der Waals surface area contributed by atoms with Crippen molar-refractivity contribution in [2.45, 2.75) is 218 Å². The van der Waals surface area contributed by atoms with Crippen LogP contribution in [0.25, 0.3) is 0 Å². The molecule has 6 saturated heterocycles. The number of nitrogens with one attached hydrogen (secondary N) is 4. The molecule has 0 aromatic rings. The number of carbonyl (C=O) groups excluding carboxylic acids is 6. The third-order valence-corrected chi connectivity index (χ3v) is 19.3. The van der Waals surface area contributed by atoms with Gasteiger partial charge in [-0.25, -0.2) is 51.5 Å². The van der Waals surface area contributed by atoms with Gasteiger partial charge in [-0.1, -0.05) is 0 Å². The van der Waals surface area contributed by atoms with Crippen LogP contribution in [0.4, 0.5) is 0 Å². The van der Waals surface area contributed by atoms with Crippen LogP contribution in [-0.2, 0) is 172 Å². The first kappa shape index (κ1) is 168.